The van der Waals surface area contributed by atoms with Crippen molar-refractivity contribution >= 4 is 11.7 Å². The lowest BCUT2D eigenvalue weighted by molar-refractivity contribution is -0.120. The number of amides is 1. The zero-order valence-electron chi connectivity index (χ0n) is 15.6. The molecule has 0 saturated carbocycles. The highest BCUT2D eigenvalue weighted by molar-refractivity contribution is 5.76. The normalized spacial score (nSPS) is 26.8. The number of pyridine rings is 1. The summed E-state index contributed by atoms with van der Waals surface area (Å²) in [5.41, 5.74) is 3.11. The molecule has 0 bridgehead atoms. The van der Waals surface area contributed by atoms with Gasteiger partial charge in [0.05, 0.1) is 5.56 Å². The van der Waals surface area contributed by atoms with Crippen LogP contribution in [0.3, 0.4) is 0 Å². The summed E-state index contributed by atoms with van der Waals surface area (Å²) in [4.78, 5) is 21.5. The number of rotatable bonds is 1. The van der Waals surface area contributed by atoms with Crippen molar-refractivity contribution in [3.8, 4) is 6.07 Å². The van der Waals surface area contributed by atoms with Crippen LogP contribution in [0.4, 0.5) is 5.82 Å². The van der Waals surface area contributed by atoms with Crippen LogP contribution in [-0.4, -0.2) is 54.6 Å². The van der Waals surface area contributed by atoms with Crippen LogP contribution in [0.1, 0.15) is 48.9 Å². The van der Waals surface area contributed by atoms with Crippen molar-refractivity contribution in [3.05, 3.63) is 22.9 Å². The Kier molecular flexibility index (Phi) is 4.58. The fourth-order valence-corrected chi connectivity index (χ4v) is 4.72. The molecule has 1 N–H and O–H groups in total. The van der Waals surface area contributed by atoms with Gasteiger partial charge in [-0.05, 0) is 57.2 Å². The molecule has 138 valence electrons. The van der Waals surface area contributed by atoms with E-state index in [9.17, 15) is 10.1 Å². The topological polar surface area (TPSA) is 72.3 Å². The Bertz CT molecular complexity index is 755. The Morgan fingerprint density at radius 2 is 2.08 bits per heavy atom. The van der Waals surface area contributed by atoms with Crippen LogP contribution in [0.25, 0.3) is 0 Å². The molecule has 2 fully saturated rings. The van der Waals surface area contributed by atoms with Crippen LogP contribution in [-0.2, 0) is 17.6 Å². The molecule has 2 saturated heterocycles. The van der Waals surface area contributed by atoms with Gasteiger partial charge in [-0.3, -0.25) is 9.69 Å². The molecule has 0 radical (unpaired) electrons. The predicted octanol–water partition coefficient (Wildman–Crippen LogP) is 1.62. The molecular formula is C20H27N5O. The van der Waals surface area contributed by atoms with E-state index >= 15 is 0 Å². The molecule has 1 unspecified atom stereocenters. The van der Waals surface area contributed by atoms with Gasteiger partial charge in [-0.25, -0.2) is 4.98 Å². The molecule has 26 heavy (non-hydrogen) atoms. The third-order valence-electron chi connectivity index (χ3n) is 6.43. The van der Waals surface area contributed by atoms with Crippen molar-refractivity contribution in [2.24, 2.45) is 0 Å². The first-order valence-electron chi connectivity index (χ1n) is 9.77. The van der Waals surface area contributed by atoms with Gasteiger partial charge in [0.1, 0.15) is 11.9 Å². The molecule has 6 heteroatoms. The number of hydrogen-bond acceptors (Lipinski definition) is 5. The Morgan fingerprint density at radius 3 is 2.92 bits per heavy atom. The van der Waals surface area contributed by atoms with E-state index in [2.05, 4.69) is 34.3 Å². The summed E-state index contributed by atoms with van der Waals surface area (Å²) in [7, 11) is 2.17. The maximum absolute atomic E-state index is 11.8. The van der Waals surface area contributed by atoms with Gasteiger partial charge < -0.3 is 10.2 Å². The van der Waals surface area contributed by atoms with Crippen molar-refractivity contribution in [1.29, 1.82) is 5.26 Å². The van der Waals surface area contributed by atoms with Crippen LogP contribution in [0.2, 0.25) is 0 Å². The average molecular weight is 353 g/mol. The van der Waals surface area contributed by atoms with Crippen LogP contribution in [0.5, 0.6) is 0 Å². The Balaban J connectivity index is 1.66. The van der Waals surface area contributed by atoms with Gasteiger partial charge in [0.2, 0.25) is 5.91 Å². The maximum atomic E-state index is 11.8. The van der Waals surface area contributed by atoms with E-state index in [1.807, 2.05) is 0 Å². The number of aryl methyl sites for hydroxylation is 2. The van der Waals surface area contributed by atoms with Crippen molar-refractivity contribution in [2.75, 3.05) is 38.1 Å². The van der Waals surface area contributed by atoms with E-state index in [1.165, 1.54) is 24.1 Å². The zero-order chi connectivity index (χ0) is 18.1. The molecule has 3 heterocycles. The number of likely N-dealkylation sites (N-methyl/N-ethyl adjacent to an activating group) is 1. The molecule has 1 aliphatic carbocycles. The summed E-state index contributed by atoms with van der Waals surface area (Å²) in [5, 5.41) is 12.7. The van der Waals surface area contributed by atoms with Gasteiger partial charge in [-0.1, -0.05) is 0 Å². The summed E-state index contributed by atoms with van der Waals surface area (Å²) in [6.07, 6.45) is 6.81. The predicted molar refractivity (Wildman–Crippen MR) is 100 cm³/mol. The van der Waals surface area contributed by atoms with E-state index in [0.717, 1.165) is 57.7 Å². The van der Waals surface area contributed by atoms with E-state index in [4.69, 9.17) is 4.98 Å². The molecular weight excluding hydrogens is 326 g/mol. The number of nitrogens with zero attached hydrogens (tertiary/aromatic N) is 4. The first-order valence-corrected chi connectivity index (χ1v) is 9.77. The van der Waals surface area contributed by atoms with Gasteiger partial charge in [0.15, 0.2) is 0 Å². The lowest BCUT2D eigenvalue weighted by atomic mass is 9.86. The van der Waals surface area contributed by atoms with Gasteiger partial charge in [-0.2, -0.15) is 5.26 Å². The molecule has 1 atom stereocenters. The lowest BCUT2D eigenvalue weighted by Crippen LogP contribution is -2.61. The fourth-order valence-electron chi connectivity index (χ4n) is 4.72. The summed E-state index contributed by atoms with van der Waals surface area (Å²) in [6.45, 7) is 3.36. The third kappa shape index (κ3) is 3.05. The number of aromatic nitrogens is 1. The minimum atomic E-state index is -0.0261. The van der Waals surface area contributed by atoms with Gasteiger partial charge >= 0.3 is 0 Å². The summed E-state index contributed by atoms with van der Waals surface area (Å²) >= 11 is 0. The highest BCUT2D eigenvalue weighted by Crippen LogP contribution is 2.34. The van der Waals surface area contributed by atoms with Crippen molar-refractivity contribution in [3.63, 3.8) is 0 Å². The number of piperazine rings is 1. The number of carbonyl (C=O) groups excluding carboxylic acids is 1. The molecule has 2 aliphatic heterocycles. The minimum absolute atomic E-state index is 0.0261. The highest BCUT2D eigenvalue weighted by Gasteiger charge is 2.41. The quantitative estimate of drug-likeness (QED) is 0.831. The van der Waals surface area contributed by atoms with Crippen molar-refractivity contribution < 1.29 is 4.79 Å². The van der Waals surface area contributed by atoms with Gasteiger partial charge in [0, 0.05) is 43.8 Å². The number of fused-ring (bicyclic) bond motifs is 1. The van der Waals surface area contributed by atoms with Crippen LogP contribution in [0.15, 0.2) is 6.07 Å². The van der Waals surface area contributed by atoms with Crippen LogP contribution in [0, 0.1) is 11.3 Å². The fraction of sp³-hybridized carbons (Fsp3) is 0.650. The van der Waals surface area contributed by atoms with Gasteiger partial charge in [-0.15, -0.1) is 0 Å². The number of nitriles is 1. The second-order valence-electron chi connectivity index (χ2n) is 7.95. The monoisotopic (exact) mass is 353 g/mol. The molecule has 6 nitrogen and oxygen atoms in total. The number of anilines is 1. The van der Waals surface area contributed by atoms with Crippen molar-refractivity contribution in [2.45, 2.75) is 50.5 Å². The largest absolute Gasteiger partial charge is 0.356 e. The molecule has 4 rings (SSSR count). The SMILES string of the molecule is CN1CCN(c2nc3c(cc2C#N)CCCC3)CC12CCNC(=O)CC2. The Morgan fingerprint density at radius 1 is 1.23 bits per heavy atom. The number of nitrogens with one attached hydrogen (secondary N) is 1. The lowest BCUT2D eigenvalue weighted by Gasteiger charge is -2.49. The van der Waals surface area contributed by atoms with Crippen LogP contribution < -0.4 is 10.2 Å². The first-order chi connectivity index (χ1) is 12.6. The third-order valence-corrected chi connectivity index (χ3v) is 6.43. The molecule has 1 aromatic heterocycles. The minimum Gasteiger partial charge on any atom is -0.356 e. The van der Waals surface area contributed by atoms with E-state index in [-0.39, 0.29) is 11.4 Å². The Labute approximate surface area is 155 Å². The van der Waals surface area contributed by atoms with Crippen molar-refractivity contribution in [1.82, 2.24) is 15.2 Å². The second-order valence-corrected chi connectivity index (χ2v) is 7.95. The molecule has 1 aromatic rings. The van der Waals surface area contributed by atoms with Gasteiger partial charge in [0.25, 0.3) is 0 Å². The van der Waals surface area contributed by atoms with E-state index < -0.39 is 0 Å². The van der Waals surface area contributed by atoms with Crippen LogP contribution >= 0.6 is 0 Å². The first kappa shape index (κ1) is 17.3. The molecule has 3 aliphatic rings. The van der Waals surface area contributed by atoms with E-state index in [1.54, 1.807) is 0 Å². The average Bonchev–Trinajstić information content (AvgIpc) is 2.85. The smallest absolute Gasteiger partial charge is 0.220 e. The highest BCUT2D eigenvalue weighted by atomic mass is 16.1. The summed E-state index contributed by atoms with van der Waals surface area (Å²) < 4.78 is 0. The second kappa shape index (κ2) is 6.88. The maximum Gasteiger partial charge on any atom is 0.220 e. The van der Waals surface area contributed by atoms with E-state index in [0.29, 0.717) is 12.0 Å². The molecule has 1 spiro atoms. The zero-order valence-corrected chi connectivity index (χ0v) is 15.6. The standard InChI is InChI=1S/C20H27N5O/c1-24-10-11-25(14-20(24)7-6-18(26)22-9-8-20)19-16(13-21)12-15-4-2-3-5-17(15)23-19/h12H,2-11,14H2,1H3,(H,22,26). The summed E-state index contributed by atoms with van der Waals surface area (Å²) in [5.74, 6) is 1.00. The molecule has 1 amide bonds. The number of hydrogen-bond donors (Lipinski definition) is 1. The Hall–Kier alpha value is -2.13. The number of carbonyl (C=O) groups is 1. The molecule has 0 aromatic carbocycles. The summed E-state index contributed by atoms with van der Waals surface area (Å²) in [6, 6.07) is 4.45.